The molecule has 3 aromatic carbocycles. The molecule has 3 rings (SSSR count). The molecule has 0 heterocycles. The molecule has 0 spiro atoms. The van der Waals surface area contributed by atoms with Gasteiger partial charge in [0.25, 0.3) is 0 Å². The Labute approximate surface area is 217 Å². The van der Waals surface area contributed by atoms with Crippen LogP contribution in [0.5, 0.6) is 0 Å². The molecule has 3 aromatic rings. The summed E-state index contributed by atoms with van der Waals surface area (Å²) >= 11 is 0. The van der Waals surface area contributed by atoms with Crippen LogP contribution in [-0.4, -0.2) is 0 Å². The molecule has 154 valence electrons. The van der Waals surface area contributed by atoms with Gasteiger partial charge in [-0.05, 0) is 6.92 Å². The Hall–Kier alpha value is -0.275. The standard InChI is InChI=1S/C8H9.C7H8.C6H5.2C2H6.3W/c1-2-8-6-4-3-5-7-8;1-7-5-3-2-4-6-7;1-2-4-6-5-3-1;2*1-2;;;/h3-6H,2H2,1H3;2-6H,1H3;1-5H;2*1-2H3;;;/q-1;;-1;;;;;. The number of aryl methyl sites for hydroxylation is 2. The monoisotopic (exact) mass is 886 g/mol. The molecule has 28 heavy (non-hydrogen) atoms. The minimum Gasteiger partial charge on any atom is -0.184 e. The first-order valence-electron chi connectivity index (χ1n) is 9.21. The Bertz CT molecular complexity index is 528. The average molecular weight is 886 g/mol. The van der Waals surface area contributed by atoms with Gasteiger partial charge in [0.05, 0.1) is 0 Å². The van der Waals surface area contributed by atoms with Crippen LogP contribution in [0.15, 0.2) is 84.9 Å². The Kier molecular flexibility index (Phi) is 46.9. The van der Waals surface area contributed by atoms with E-state index >= 15 is 0 Å². The minimum absolute atomic E-state index is 0. The zero-order valence-electron chi connectivity index (χ0n) is 18.0. The van der Waals surface area contributed by atoms with Gasteiger partial charge < -0.3 is 0 Å². The molecule has 0 radical (unpaired) electrons. The average Bonchev–Trinajstić information content (AvgIpc) is 2.74. The van der Waals surface area contributed by atoms with E-state index in [-0.39, 0.29) is 63.2 Å². The molecule has 0 saturated heterocycles. The van der Waals surface area contributed by atoms with Gasteiger partial charge in [0.2, 0.25) is 0 Å². The van der Waals surface area contributed by atoms with Crippen LogP contribution in [0, 0.1) is 19.1 Å². The zero-order chi connectivity index (χ0) is 19.2. The summed E-state index contributed by atoms with van der Waals surface area (Å²) in [7, 11) is 0. The van der Waals surface area contributed by atoms with Gasteiger partial charge in [0, 0.05) is 63.2 Å². The fourth-order valence-corrected chi connectivity index (χ4v) is 1.53. The summed E-state index contributed by atoms with van der Waals surface area (Å²) in [6.45, 7) is 12.2. The Morgan fingerprint density at radius 3 is 1.25 bits per heavy atom. The second-order valence-corrected chi connectivity index (χ2v) is 4.47. The van der Waals surface area contributed by atoms with Gasteiger partial charge in [-0.2, -0.15) is 72.3 Å². The van der Waals surface area contributed by atoms with Gasteiger partial charge in [0.1, 0.15) is 0 Å². The van der Waals surface area contributed by atoms with Crippen molar-refractivity contribution in [1.82, 2.24) is 0 Å². The van der Waals surface area contributed by atoms with E-state index < -0.39 is 0 Å². The van der Waals surface area contributed by atoms with Crippen molar-refractivity contribution in [2.75, 3.05) is 0 Å². The van der Waals surface area contributed by atoms with E-state index in [1.807, 2.05) is 94.4 Å². The first-order valence-corrected chi connectivity index (χ1v) is 9.21. The van der Waals surface area contributed by atoms with Crippen LogP contribution in [0.25, 0.3) is 0 Å². The van der Waals surface area contributed by atoms with E-state index in [4.69, 9.17) is 0 Å². The van der Waals surface area contributed by atoms with Crippen LogP contribution < -0.4 is 0 Å². The third kappa shape index (κ3) is 27.9. The van der Waals surface area contributed by atoms with Crippen molar-refractivity contribution in [2.45, 2.75) is 48.0 Å². The molecule has 0 bridgehead atoms. The molecule has 0 aliphatic heterocycles. The fourth-order valence-electron chi connectivity index (χ4n) is 1.53. The maximum absolute atomic E-state index is 3.12. The predicted molar refractivity (Wildman–Crippen MR) is 114 cm³/mol. The second-order valence-electron chi connectivity index (χ2n) is 4.47. The van der Waals surface area contributed by atoms with Gasteiger partial charge in [-0.3, -0.25) is 0 Å². The maximum atomic E-state index is 3.12. The summed E-state index contributed by atoms with van der Waals surface area (Å²) < 4.78 is 0. The van der Waals surface area contributed by atoms with E-state index in [1.54, 1.807) is 0 Å². The molecule has 0 aromatic heterocycles. The van der Waals surface area contributed by atoms with E-state index in [0.717, 1.165) is 6.42 Å². The molecule has 0 nitrogen and oxygen atoms in total. The molecular formula is C25H34W3-2. The van der Waals surface area contributed by atoms with Gasteiger partial charge in [-0.15, -0.1) is 0 Å². The van der Waals surface area contributed by atoms with Crippen LogP contribution in [0.3, 0.4) is 0 Å². The topological polar surface area (TPSA) is 0 Å². The SMILES string of the molecule is CC.CC.CCc1[c-]cccc1.Cc1ccccc1.[W].[W].[W].[c-]1ccccc1. The molecule has 0 N–H and O–H groups in total. The van der Waals surface area contributed by atoms with Crippen molar-refractivity contribution >= 4 is 0 Å². The summed E-state index contributed by atoms with van der Waals surface area (Å²) in [5.74, 6) is 0. The quantitative estimate of drug-likeness (QED) is 0.222. The number of hydrogen-bond acceptors (Lipinski definition) is 0. The molecule has 0 aliphatic rings. The van der Waals surface area contributed by atoms with Gasteiger partial charge in [-0.25, -0.2) is 0 Å². The third-order valence-corrected chi connectivity index (χ3v) is 2.70. The molecule has 0 unspecified atom stereocenters. The first-order chi connectivity index (χ1) is 12.3. The molecule has 0 aliphatic carbocycles. The maximum Gasteiger partial charge on any atom is 0 e. The molecule has 3 heteroatoms. The predicted octanol–water partition coefficient (Wildman–Crippen LogP) is 7.58. The van der Waals surface area contributed by atoms with Crippen molar-refractivity contribution in [3.8, 4) is 0 Å². The van der Waals surface area contributed by atoms with Crippen LogP contribution in [0.4, 0.5) is 0 Å². The fraction of sp³-hybridized carbons (Fsp3) is 0.280. The Morgan fingerprint density at radius 2 is 1.04 bits per heavy atom. The van der Waals surface area contributed by atoms with Crippen molar-refractivity contribution in [3.63, 3.8) is 0 Å². The first kappa shape index (κ1) is 38.3. The number of benzene rings is 3. The number of rotatable bonds is 1. The van der Waals surface area contributed by atoms with Crippen molar-refractivity contribution < 1.29 is 63.2 Å². The van der Waals surface area contributed by atoms with E-state index in [2.05, 4.69) is 44.2 Å². The third-order valence-electron chi connectivity index (χ3n) is 2.70. The number of hydrogen-bond donors (Lipinski definition) is 0. The van der Waals surface area contributed by atoms with Crippen molar-refractivity contribution in [3.05, 3.63) is 108 Å². The largest absolute Gasteiger partial charge is 0.184 e. The second kappa shape index (κ2) is 34.2. The van der Waals surface area contributed by atoms with E-state index in [1.165, 1.54) is 11.1 Å². The van der Waals surface area contributed by atoms with Gasteiger partial charge in [0.15, 0.2) is 0 Å². The molecular weight excluding hydrogens is 852 g/mol. The van der Waals surface area contributed by atoms with Gasteiger partial charge in [-0.1, -0.05) is 76.9 Å². The summed E-state index contributed by atoms with van der Waals surface area (Å²) in [6, 6.07) is 33.9. The molecule has 0 amide bonds. The van der Waals surface area contributed by atoms with Crippen LogP contribution >= 0.6 is 0 Å². The van der Waals surface area contributed by atoms with E-state index in [0.29, 0.717) is 0 Å². The van der Waals surface area contributed by atoms with Crippen LogP contribution in [0.2, 0.25) is 0 Å². The summed E-state index contributed by atoms with van der Waals surface area (Å²) in [4.78, 5) is 0. The summed E-state index contributed by atoms with van der Waals surface area (Å²) in [5, 5.41) is 0. The molecule has 0 fully saturated rings. The smallest absolute Gasteiger partial charge is 0 e. The molecule has 0 atom stereocenters. The Morgan fingerprint density at radius 1 is 0.607 bits per heavy atom. The molecule has 0 saturated carbocycles. The zero-order valence-corrected chi connectivity index (χ0v) is 26.8. The normalized spacial score (nSPS) is 6.93. The van der Waals surface area contributed by atoms with Gasteiger partial charge >= 0.3 is 0 Å². The van der Waals surface area contributed by atoms with Crippen molar-refractivity contribution in [1.29, 1.82) is 0 Å². The van der Waals surface area contributed by atoms with Crippen molar-refractivity contribution in [2.24, 2.45) is 0 Å². The summed E-state index contributed by atoms with van der Waals surface area (Å²) in [5.41, 5.74) is 2.61. The van der Waals surface area contributed by atoms with E-state index in [9.17, 15) is 0 Å². The summed E-state index contributed by atoms with van der Waals surface area (Å²) in [6.07, 6.45) is 1.08. The minimum atomic E-state index is 0. The van der Waals surface area contributed by atoms with Crippen LogP contribution in [-0.2, 0) is 69.6 Å². The van der Waals surface area contributed by atoms with Crippen LogP contribution in [0.1, 0.15) is 45.7 Å². The Balaban J connectivity index is -0.0000000830.